The lowest BCUT2D eigenvalue weighted by Gasteiger charge is -2.57. The molecule has 5 N–H and O–H groups in total. The summed E-state index contributed by atoms with van der Waals surface area (Å²) in [5.74, 6) is 0. The van der Waals surface area contributed by atoms with Gasteiger partial charge in [-0.1, -0.05) is 106 Å². The zero-order chi connectivity index (χ0) is 60.1. The Labute approximate surface area is 489 Å². The molecular weight excluding hydrogens is 1130 g/mol. The standard InChI is InChI=1S/C34H37F6N3O2.C27H31F6N3O2.2CH4/c1-24(26-16-28(33(35,36)37)18-29(17-26)34(38,39)40)45-23-31(27-12-6-3-7-13-27)20-32(21-31,42-19-25-10-4-2-5-11-25)22-41-30(44)43-14-8-9-15-43;1-18(19-11-21(26(28,29)30)13-22(12-19)27(31,32)33)38-17-24(20-7-3-2-4-8-20)14-25(34,15-24)16-35-23(37)36-9-5-6-10-36;;/h2-7,10-13,16-18,24,42H,8-9,14-15,19-23H2,1H3,(H,41,44);2-4,7-8,11-13,18H,5-6,9-10,14-17,34H2,1H3,(H,35,37);2*1H4/t24-,31?,32?;18-,24?,25?;;/m11../s1. The molecule has 0 bridgehead atoms. The first-order valence-electron chi connectivity index (χ1n) is 27.6. The van der Waals surface area contributed by atoms with Crippen molar-refractivity contribution in [1.82, 2.24) is 25.8 Å². The predicted octanol–water partition coefficient (Wildman–Crippen LogP) is 15.2. The first-order valence-corrected chi connectivity index (χ1v) is 27.6. The highest BCUT2D eigenvalue weighted by molar-refractivity contribution is 5.75. The number of carbonyl (C=O) groups excluding carboxylic acids is 2. The molecule has 22 heteroatoms. The van der Waals surface area contributed by atoms with Crippen LogP contribution in [0.4, 0.5) is 62.3 Å². The van der Waals surface area contributed by atoms with Crippen LogP contribution >= 0.6 is 0 Å². The van der Waals surface area contributed by atoms with E-state index in [1.54, 1.807) is 9.80 Å². The number of hydrogen-bond acceptors (Lipinski definition) is 6. The Hall–Kier alpha value is -6.36. The van der Waals surface area contributed by atoms with E-state index < -0.39 is 81.1 Å². The Kier molecular flexibility index (Phi) is 21.6. The number of carbonyl (C=O) groups is 2. The average molecular weight is 1210 g/mol. The normalized spacial score (nSPS) is 23.0. The molecule has 2 heterocycles. The number of urea groups is 2. The van der Waals surface area contributed by atoms with Gasteiger partial charge < -0.3 is 41.0 Å². The lowest BCUT2D eigenvalue weighted by molar-refractivity contribution is -0.145. The monoisotopic (exact) mass is 1210 g/mol. The van der Waals surface area contributed by atoms with Crippen LogP contribution in [0.5, 0.6) is 0 Å². The second-order valence-corrected chi connectivity index (χ2v) is 22.8. The summed E-state index contributed by atoms with van der Waals surface area (Å²) < 4.78 is 173. The van der Waals surface area contributed by atoms with E-state index in [1.165, 1.54) is 13.8 Å². The smallest absolute Gasteiger partial charge is 0.373 e. The minimum atomic E-state index is -4.95. The number of ether oxygens (including phenoxy) is 2. The lowest BCUT2D eigenvalue weighted by atomic mass is 9.54. The molecular formula is C63H76F12N6O4. The van der Waals surface area contributed by atoms with E-state index in [2.05, 4.69) is 16.0 Å². The molecule has 466 valence electrons. The van der Waals surface area contributed by atoms with Gasteiger partial charge in [-0.05, 0) is 129 Å². The van der Waals surface area contributed by atoms with E-state index >= 15 is 0 Å². The van der Waals surface area contributed by atoms with Crippen LogP contribution in [0.3, 0.4) is 0 Å². The van der Waals surface area contributed by atoms with Gasteiger partial charge in [-0.3, -0.25) is 0 Å². The van der Waals surface area contributed by atoms with Crippen molar-refractivity contribution in [3.63, 3.8) is 0 Å². The Morgan fingerprint density at radius 1 is 0.506 bits per heavy atom. The fraction of sp³-hybridized carbons (Fsp3) is 0.492. The van der Waals surface area contributed by atoms with Gasteiger partial charge in [0, 0.05) is 67.7 Å². The fourth-order valence-corrected chi connectivity index (χ4v) is 12.0. The van der Waals surface area contributed by atoms with Gasteiger partial charge in [0.05, 0.1) is 47.7 Å². The second-order valence-electron chi connectivity index (χ2n) is 22.8. The molecule has 4 fully saturated rings. The summed E-state index contributed by atoms with van der Waals surface area (Å²) >= 11 is 0. The van der Waals surface area contributed by atoms with Crippen molar-refractivity contribution < 1.29 is 71.7 Å². The first-order chi connectivity index (χ1) is 39.0. The second kappa shape index (κ2) is 27.1. The van der Waals surface area contributed by atoms with Crippen LogP contribution in [-0.4, -0.2) is 85.4 Å². The fourth-order valence-electron chi connectivity index (χ4n) is 12.0. The molecule has 4 amide bonds. The molecule has 0 radical (unpaired) electrons. The maximum Gasteiger partial charge on any atom is 0.416 e. The molecule has 5 aromatic carbocycles. The van der Waals surface area contributed by atoms with E-state index in [9.17, 15) is 62.3 Å². The van der Waals surface area contributed by atoms with Crippen molar-refractivity contribution in [1.29, 1.82) is 0 Å². The average Bonchev–Trinajstić information content (AvgIpc) is 1.13. The highest BCUT2D eigenvalue weighted by Crippen LogP contribution is 2.52. The number of alkyl halides is 12. The molecule has 0 aromatic heterocycles. The van der Waals surface area contributed by atoms with Crippen LogP contribution in [-0.2, 0) is 51.6 Å². The third-order valence-corrected chi connectivity index (χ3v) is 16.4. The number of likely N-dealkylation sites (tertiary alicyclic amines) is 2. The highest BCUT2D eigenvalue weighted by Gasteiger charge is 2.56. The molecule has 2 aliphatic carbocycles. The summed E-state index contributed by atoms with van der Waals surface area (Å²) in [6.45, 7) is 6.96. The topological polar surface area (TPSA) is 121 Å². The van der Waals surface area contributed by atoms with Crippen LogP contribution < -0.4 is 21.7 Å². The van der Waals surface area contributed by atoms with Crippen molar-refractivity contribution in [3.05, 3.63) is 177 Å². The lowest BCUT2D eigenvalue weighted by Crippen LogP contribution is -2.68. The molecule has 9 rings (SSSR count). The Balaban J connectivity index is 0.000000270. The van der Waals surface area contributed by atoms with E-state index in [-0.39, 0.29) is 69.9 Å². The van der Waals surface area contributed by atoms with Gasteiger partial charge in [-0.25, -0.2) is 9.59 Å². The maximum atomic E-state index is 13.5. The number of benzene rings is 5. The number of rotatable bonds is 17. The minimum absolute atomic E-state index is 0. The molecule has 4 aliphatic rings. The summed E-state index contributed by atoms with van der Waals surface area (Å²) in [5.41, 5.74) is 1.13. The van der Waals surface area contributed by atoms with Gasteiger partial charge in [0.15, 0.2) is 0 Å². The third-order valence-electron chi connectivity index (χ3n) is 16.4. The Morgan fingerprint density at radius 3 is 1.19 bits per heavy atom. The quantitative estimate of drug-likeness (QED) is 0.0688. The summed E-state index contributed by atoms with van der Waals surface area (Å²) in [4.78, 5) is 28.8. The Bertz CT molecular complexity index is 2890. The zero-order valence-electron chi connectivity index (χ0n) is 45.9. The summed E-state index contributed by atoms with van der Waals surface area (Å²) in [6, 6.07) is 31.4. The minimum Gasteiger partial charge on any atom is -0.373 e. The molecule has 2 aliphatic heterocycles. The third kappa shape index (κ3) is 17.0. The maximum absolute atomic E-state index is 13.5. The molecule has 2 saturated heterocycles. The molecule has 10 nitrogen and oxygen atoms in total. The van der Waals surface area contributed by atoms with Gasteiger partial charge in [0.1, 0.15) is 0 Å². The highest BCUT2D eigenvalue weighted by atomic mass is 19.4. The first kappa shape index (κ1) is 67.8. The van der Waals surface area contributed by atoms with Crippen LogP contribution in [0.1, 0.15) is 142 Å². The molecule has 5 aromatic rings. The van der Waals surface area contributed by atoms with Crippen LogP contribution in [0.15, 0.2) is 127 Å². The summed E-state index contributed by atoms with van der Waals surface area (Å²) in [5, 5.41) is 9.64. The molecule has 85 heavy (non-hydrogen) atoms. The molecule has 2 atom stereocenters. The van der Waals surface area contributed by atoms with E-state index in [1.807, 2.05) is 91.0 Å². The largest absolute Gasteiger partial charge is 0.416 e. The number of nitrogens with two attached hydrogens (primary N) is 1. The number of amides is 4. The van der Waals surface area contributed by atoms with Crippen LogP contribution in [0.2, 0.25) is 0 Å². The van der Waals surface area contributed by atoms with Gasteiger partial charge in [-0.15, -0.1) is 0 Å². The summed E-state index contributed by atoms with van der Waals surface area (Å²) in [7, 11) is 0. The zero-order valence-corrected chi connectivity index (χ0v) is 45.9. The predicted molar refractivity (Wildman–Crippen MR) is 301 cm³/mol. The van der Waals surface area contributed by atoms with Gasteiger partial charge in [0.2, 0.25) is 0 Å². The number of nitrogens with zero attached hydrogens (tertiary/aromatic N) is 2. The van der Waals surface area contributed by atoms with Crippen molar-refractivity contribution in [2.75, 3.05) is 52.5 Å². The van der Waals surface area contributed by atoms with Gasteiger partial charge in [-0.2, -0.15) is 52.7 Å². The Morgan fingerprint density at radius 2 is 0.835 bits per heavy atom. The van der Waals surface area contributed by atoms with Crippen molar-refractivity contribution in [3.8, 4) is 0 Å². The van der Waals surface area contributed by atoms with Gasteiger partial charge >= 0.3 is 36.8 Å². The van der Waals surface area contributed by atoms with Crippen molar-refractivity contribution in [2.45, 2.75) is 145 Å². The van der Waals surface area contributed by atoms with Crippen LogP contribution in [0, 0.1) is 0 Å². The van der Waals surface area contributed by atoms with Gasteiger partial charge in [0.25, 0.3) is 0 Å². The SMILES string of the molecule is C.C.C[C@@H](OCC1(c2ccccc2)CC(CNC(=O)N2CCCC2)(NCc2ccccc2)C1)c1cc(C(F)(F)F)cc(C(F)(F)F)c1.C[C@@H](OCC1(c2ccccc2)CC(N)(CNC(=O)N2CCCC2)C1)c1cc(C(F)(F)F)cc(C(F)(F)F)c1. The van der Waals surface area contributed by atoms with E-state index in [0.29, 0.717) is 77.1 Å². The van der Waals surface area contributed by atoms with Crippen molar-refractivity contribution in [2.24, 2.45) is 5.73 Å². The number of hydrogen-bond donors (Lipinski definition) is 4. The van der Waals surface area contributed by atoms with E-state index in [4.69, 9.17) is 15.2 Å². The number of halogens is 12. The summed E-state index contributed by atoms with van der Waals surface area (Å²) in [6.07, 6.45) is -16.1. The molecule has 0 spiro atoms. The molecule has 0 unspecified atom stereocenters. The van der Waals surface area contributed by atoms with E-state index in [0.717, 1.165) is 54.5 Å². The van der Waals surface area contributed by atoms with Crippen molar-refractivity contribution >= 4 is 12.1 Å². The van der Waals surface area contributed by atoms with Crippen LogP contribution in [0.25, 0.3) is 0 Å². The molecule has 2 saturated carbocycles. The number of nitrogens with one attached hydrogen (secondary N) is 3.